The molecule has 0 aromatic rings. The summed E-state index contributed by atoms with van der Waals surface area (Å²) in [5.41, 5.74) is 0. The minimum Gasteiger partial charge on any atom is -0.391 e. The smallest absolute Gasteiger partial charge is 0.0768 e. The predicted octanol–water partition coefficient (Wildman–Crippen LogP) is 1.18. The molecule has 13 heavy (non-hydrogen) atoms. The van der Waals surface area contributed by atoms with Crippen LogP contribution in [0.5, 0.6) is 0 Å². The van der Waals surface area contributed by atoms with Gasteiger partial charge < -0.3 is 10.4 Å². The van der Waals surface area contributed by atoms with Gasteiger partial charge in [-0.3, -0.25) is 0 Å². The predicted molar refractivity (Wildman–Crippen MR) is 61.9 cm³/mol. The summed E-state index contributed by atoms with van der Waals surface area (Å²) in [4.78, 5) is 0. The number of rotatable bonds is 4. The van der Waals surface area contributed by atoms with Crippen LogP contribution in [0.15, 0.2) is 0 Å². The zero-order valence-electron chi connectivity index (χ0n) is 9.05. The van der Waals surface area contributed by atoms with Crippen LogP contribution < -0.4 is 5.32 Å². The molecule has 0 radical (unpaired) electrons. The highest BCUT2D eigenvalue weighted by Crippen LogP contribution is 2.40. The van der Waals surface area contributed by atoms with Crippen LogP contribution in [-0.2, 0) is 0 Å². The van der Waals surface area contributed by atoms with E-state index in [4.69, 9.17) is 0 Å². The van der Waals surface area contributed by atoms with E-state index in [0.29, 0.717) is 6.04 Å². The Labute approximate surface area is 83.4 Å². The highest BCUT2D eigenvalue weighted by molar-refractivity contribution is 8.32. The minimum atomic E-state index is -0.546. The van der Waals surface area contributed by atoms with E-state index in [-0.39, 0.29) is 6.10 Å². The maximum absolute atomic E-state index is 9.97. The minimum absolute atomic E-state index is 0.118. The van der Waals surface area contributed by atoms with Crippen LogP contribution in [0.2, 0.25) is 0 Å². The highest BCUT2D eigenvalue weighted by Gasteiger charge is 2.25. The first-order chi connectivity index (χ1) is 6.05. The lowest BCUT2D eigenvalue weighted by Gasteiger charge is -2.34. The van der Waals surface area contributed by atoms with Crippen molar-refractivity contribution in [1.29, 1.82) is 0 Å². The maximum atomic E-state index is 9.97. The molecule has 1 aliphatic heterocycles. The monoisotopic (exact) mass is 205 g/mol. The van der Waals surface area contributed by atoms with Crippen molar-refractivity contribution < 1.29 is 5.11 Å². The summed E-state index contributed by atoms with van der Waals surface area (Å²) in [5, 5.41) is 13.3. The average Bonchev–Trinajstić information content (AvgIpc) is 2.55. The van der Waals surface area contributed by atoms with E-state index in [9.17, 15) is 5.11 Å². The molecule has 2 nitrogen and oxygen atoms in total. The molecule has 2 N–H and O–H groups in total. The molecule has 1 rings (SSSR count). The number of hydrogen-bond donors (Lipinski definition) is 2. The molecule has 80 valence electrons. The molecule has 0 aliphatic carbocycles. The van der Waals surface area contributed by atoms with E-state index < -0.39 is 10.0 Å². The molecule has 0 saturated carbocycles. The zero-order chi connectivity index (χ0) is 9.90. The molecule has 1 fully saturated rings. The van der Waals surface area contributed by atoms with Crippen molar-refractivity contribution >= 4 is 10.0 Å². The van der Waals surface area contributed by atoms with Gasteiger partial charge in [0.05, 0.1) is 6.10 Å². The Hall–Kier alpha value is 0.270. The van der Waals surface area contributed by atoms with Gasteiger partial charge in [0.1, 0.15) is 0 Å². The summed E-state index contributed by atoms with van der Waals surface area (Å²) in [6, 6.07) is 0.373. The van der Waals surface area contributed by atoms with Gasteiger partial charge in [-0.15, -0.1) is 0 Å². The Bertz CT molecular complexity index is 155. The van der Waals surface area contributed by atoms with Crippen LogP contribution >= 0.6 is 10.0 Å². The van der Waals surface area contributed by atoms with Crippen molar-refractivity contribution in [2.45, 2.75) is 31.9 Å². The molecule has 0 amide bonds. The van der Waals surface area contributed by atoms with Crippen molar-refractivity contribution in [2.75, 3.05) is 30.6 Å². The molecule has 0 aromatic heterocycles. The van der Waals surface area contributed by atoms with E-state index in [1.165, 1.54) is 12.2 Å². The quantitative estimate of drug-likeness (QED) is 0.722. The van der Waals surface area contributed by atoms with Crippen LogP contribution in [0.3, 0.4) is 0 Å². The Morgan fingerprint density at radius 2 is 2.23 bits per heavy atom. The van der Waals surface area contributed by atoms with Crippen LogP contribution in [-0.4, -0.2) is 47.8 Å². The molecule has 0 aromatic carbocycles. The summed E-state index contributed by atoms with van der Waals surface area (Å²) >= 11 is 0. The second-order valence-corrected chi connectivity index (χ2v) is 8.94. The molecule has 0 bridgehead atoms. The number of aliphatic hydroxyl groups is 1. The molecule has 1 heterocycles. The van der Waals surface area contributed by atoms with Gasteiger partial charge in [0.2, 0.25) is 0 Å². The molecular formula is C10H23NOS. The number of hydrogen-bond acceptors (Lipinski definition) is 2. The van der Waals surface area contributed by atoms with Crippen molar-refractivity contribution in [3.05, 3.63) is 0 Å². The van der Waals surface area contributed by atoms with Gasteiger partial charge in [-0.2, -0.15) is 0 Å². The fraction of sp³-hybridized carbons (Fsp3) is 1.00. The van der Waals surface area contributed by atoms with Gasteiger partial charge in [-0.05, 0) is 37.7 Å². The lowest BCUT2D eigenvalue weighted by molar-refractivity contribution is 0.158. The number of aliphatic hydroxyl groups excluding tert-OH is 1. The molecule has 2 atom stereocenters. The van der Waals surface area contributed by atoms with E-state index >= 15 is 0 Å². The van der Waals surface area contributed by atoms with E-state index in [2.05, 4.69) is 24.8 Å². The molecule has 3 heteroatoms. The van der Waals surface area contributed by atoms with Gasteiger partial charge in [-0.25, -0.2) is 10.0 Å². The topological polar surface area (TPSA) is 32.3 Å². The Morgan fingerprint density at radius 1 is 1.54 bits per heavy atom. The maximum Gasteiger partial charge on any atom is 0.0768 e. The summed E-state index contributed by atoms with van der Waals surface area (Å²) < 4.78 is 0. The van der Waals surface area contributed by atoms with Crippen molar-refractivity contribution in [2.24, 2.45) is 0 Å². The van der Waals surface area contributed by atoms with Crippen LogP contribution in [0.1, 0.15) is 19.8 Å². The third-order valence-corrected chi connectivity index (χ3v) is 5.77. The first-order valence-electron chi connectivity index (χ1n) is 5.15. The molecule has 0 unspecified atom stereocenters. The first-order valence-corrected chi connectivity index (χ1v) is 7.94. The van der Waals surface area contributed by atoms with Crippen molar-refractivity contribution in [3.8, 4) is 0 Å². The van der Waals surface area contributed by atoms with Crippen LogP contribution in [0.25, 0.3) is 0 Å². The first kappa shape index (κ1) is 11.3. The molecule has 0 spiro atoms. The largest absolute Gasteiger partial charge is 0.391 e. The second-order valence-electron chi connectivity index (χ2n) is 4.49. The van der Waals surface area contributed by atoms with Crippen LogP contribution in [0.4, 0.5) is 0 Å². The third-order valence-electron chi connectivity index (χ3n) is 2.97. The van der Waals surface area contributed by atoms with E-state index in [0.717, 1.165) is 18.7 Å². The molecule has 1 aliphatic rings. The third kappa shape index (κ3) is 3.49. The summed E-state index contributed by atoms with van der Waals surface area (Å²) in [5.74, 6) is 2.22. The fourth-order valence-electron chi connectivity index (χ4n) is 1.74. The average molecular weight is 205 g/mol. The lowest BCUT2D eigenvalue weighted by Crippen LogP contribution is -2.38. The zero-order valence-corrected chi connectivity index (χ0v) is 9.86. The van der Waals surface area contributed by atoms with Crippen LogP contribution in [0, 0.1) is 0 Å². The summed E-state index contributed by atoms with van der Waals surface area (Å²) in [6.45, 7) is 3.31. The fourth-order valence-corrected chi connectivity index (χ4v) is 3.13. The Morgan fingerprint density at radius 3 is 2.69 bits per heavy atom. The lowest BCUT2D eigenvalue weighted by atomic mass is 10.1. The Kier molecular flexibility index (Phi) is 4.07. The molecular weight excluding hydrogens is 182 g/mol. The standard InChI is InChI=1S/C10H23NOS/c1-4-13(2,3)8-10(12)9-6-5-7-11-9/h9-12H,4-8H2,1-3H3/t9-,10+/m0/s1. The van der Waals surface area contributed by atoms with Crippen molar-refractivity contribution in [1.82, 2.24) is 5.32 Å². The van der Waals surface area contributed by atoms with Gasteiger partial charge in [0.15, 0.2) is 0 Å². The summed E-state index contributed by atoms with van der Waals surface area (Å²) in [7, 11) is -0.546. The van der Waals surface area contributed by atoms with Gasteiger partial charge in [0.25, 0.3) is 0 Å². The van der Waals surface area contributed by atoms with Gasteiger partial charge >= 0.3 is 0 Å². The van der Waals surface area contributed by atoms with Gasteiger partial charge in [0, 0.05) is 11.8 Å². The summed E-state index contributed by atoms with van der Waals surface area (Å²) in [6.07, 6.45) is 6.88. The SMILES string of the molecule is CCS(C)(C)C[C@@H](O)[C@@H]1CCCN1. The van der Waals surface area contributed by atoms with E-state index in [1.54, 1.807) is 0 Å². The second kappa shape index (κ2) is 4.67. The highest BCUT2D eigenvalue weighted by atomic mass is 32.3. The van der Waals surface area contributed by atoms with Crippen molar-refractivity contribution in [3.63, 3.8) is 0 Å². The molecule has 1 saturated heterocycles. The van der Waals surface area contributed by atoms with Gasteiger partial charge in [-0.1, -0.05) is 6.92 Å². The number of nitrogens with one attached hydrogen (secondary N) is 1. The van der Waals surface area contributed by atoms with E-state index in [1.807, 2.05) is 0 Å². The normalized spacial score (nSPS) is 27.5. The Balaban J connectivity index is 2.35.